The van der Waals surface area contributed by atoms with E-state index in [0.717, 1.165) is 52.1 Å². The van der Waals surface area contributed by atoms with Crippen molar-refractivity contribution < 1.29 is 0 Å². The molecule has 0 aliphatic heterocycles. The van der Waals surface area contributed by atoms with Gasteiger partial charge in [0.05, 0.1) is 0 Å². The monoisotopic (exact) mass is 773 g/mol. The van der Waals surface area contributed by atoms with Crippen molar-refractivity contribution in [2.45, 2.75) is 144 Å². The maximum Gasteiger partial charge on any atom is 0.0239 e. The second-order valence-corrected chi connectivity index (χ2v) is 12.5. The minimum Gasteiger partial charge on any atom is -0.300 e. The highest BCUT2D eigenvalue weighted by Crippen LogP contribution is 2.45. The second kappa shape index (κ2) is 31.1. The lowest BCUT2D eigenvalue weighted by molar-refractivity contribution is 0.296. The Morgan fingerprint density at radius 2 is 0.719 bits per heavy atom. The van der Waals surface area contributed by atoms with Crippen LogP contribution in [0, 0.1) is 6.92 Å². The van der Waals surface area contributed by atoms with E-state index in [4.69, 9.17) is 0 Å². The van der Waals surface area contributed by atoms with Gasteiger partial charge in [-0.3, -0.25) is 9.80 Å². The first-order valence-corrected chi connectivity index (χ1v) is 23.0. The molecule has 0 amide bonds. The number of nitrogens with zero attached hydrogens (tertiary/aromatic N) is 2. The van der Waals surface area contributed by atoms with Crippen LogP contribution in [0.15, 0.2) is 103 Å². The third-order valence-corrected chi connectivity index (χ3v) is 9.91. The zero-order valence-electron chi connectivity index (χ0n) is 39.9. The van der Waals surface area contributed by atoms with E-state index in [1.165, 1.54) is 72.3 Å². The normalized spacial score (nSPS) is 10.4. The van der Waals surface area contributed by atoms with Crippen molar-refractivity contribution in [3.05, 3.63) is 142 Å². The molecule has 2 aliphatic carbocycles. The average molecular weight is 773 g/mol. The lowest BCUT2D eigenvalue weighted by atomic mass is 9.91. The average Bonchev–Trinajstić information content (AvgIpc) is 3.90. The molecule has 5 aromatic carbocycles. The Labute approximate surface area is 353 Å². The number of aryl methyl sites for hydroxylation is 1. The molecule has 0 atom stereocenters. The van der Waals surface area contributed by atoms with E-state index in [9.17, 15) is 0 Å². The van der Waals surface area contributed by atoms with Crippen molar-refractivity contribution >= 4 is 0 Å². The van der Waals surface area contributed by atoms with Gasteiger partial charge in [0.1, 0.15) is 0 Å². The quantitative estimate of drug-likeness (QED) is 0.144. The minimum absolute atomic E-state index is 1.03. The first-order chi connectivity index (χ1) is 28.1. The van der Waals surface area contributed by atoms with Crippen LogP contribution < -0.4 is 0 Å². The summed E-state index contributed by atoms with van der Waals surface area (Å²) in [7, 11) is 0. The molecular weight excluding hydrogens is 689 g/mol. The van der Waals surface area contributed by atoms with E-state index in [0.29, 0.717) is 0 Å². The smallest absolute Gasteiger partial charge is 0.0239 e. The van der Waals surface area contributed by atoms with Crippen molar-refractivity contribution in [1.82, 2.24) is 9.80 Å². The molecule has 0 radical (unpaired) electrons. The molecule has 0 saturated carbocycles. The predicted molar refractivity (Wildman–Crippen MR) is 261 cm³/mol. The third-order valence-electron chi connectivity index (χ3n) is 9.91. The molecule has 0 spiro atoms. The summed E-state index contributed by atoms with van der Waals surface area (Å²) < 4.78 is 0. The SMILES string of the molecule is CC.CC.CC.CC.CC.CC.CCN(CC)Cc1cccc2c1-c1c(C)cccc1C2.CCN(CC)Cc1cccc2c1-c1c(cccc1-c1ccccc1)C2. The molecular formula is C55H84N2. The van der Waals surface area contributed by atoms with Gasteiger partial charge in [-0.1, -0.05) is 214 Å². The Morgan fingerprint density at radius 1 is 0.368 bits per heavy atom. The largest absolute Gasteiger partial charge is 0.300 e. The highest BCUT2D eigenvalue weighted by Gasteiger charge is 2.25. The zero-order valence-corrected chi connectivity index (χ0v) is 39.9. The third kappa shape index (κ3) is 14.1. The number of rotatable bonds is 9. The molecule has 0 bridgehead atoms. The lowest BCUT2D eigenvalue weighted by Crippen LogP contribution is -2.22. The molecule has 0 aromatic heterocycles. The topological polar surface area (TPSA) is 6.48 Å². The van der Waals surface area contributed by atoms with E-state index in [1.807, 2.05) is 83.1 Å². The van der Waals surface area contributed by atoms with Gasteiger partial charge in [-0.05, 0) is 118 Å². The van der Waals surface area contributed by atoms with Crippen molar-refractivity contribution in [3.8, 4) is 33.4 Å². The Balaban J connectivity index is 0.000000884. The zero-order chi connectivity index (χ0) is 43.3. The first-order valence-electron chi connectivity index (χ1n) is 23.0. The van der Waals surface area contributed by atoms with Crippen LogP contribution in [-0.2, 0) is 25.9 Å². The predicted octanol–water partition coefficient (Wildman–Crippen LogP) is 16.3. The first kappa shape index (κ1) is 53.0. The molecule has 314 valence electrons. The van der Waals surface area contributed by atoms with Gasteiger partial charge in [0.25, 0.3) is 0 Å². The van der Waals surface area contributed by atoms with Crippen LogP contribution in [0.4, 0.5) is 0 Å². The van der Waals surface area contributed by atoms with Gasteiger partial charge in [0, 0.05) is 13.1 Å². The molecule has 2 aliphatic rings. The van der Waals surface area contributed by atoms with Gasteiger partial charge in [-0.25, -0.2) is 0 Å². The van der Waals surface area contributed by atoms with Crippen LogP contribution in [0.1, 0.15) is 150 Å². The molecule has 7 rings (SSSR count). The Kier molecular flexibility index (Phi) is 28.9. The molecule has 0 unspecified atom stereocenters. The van der Waals surface area contributed by atoms with E-state index < -0.39 is 0 Å². The molecule has 57 heavy (non-hydrogen) atoms. The number of benzene rings is 5. The van der Waals surface area contributed by atoms with Crippen molar-refractivity contribution in [1.29, 1.82) is 0 Å². The van der Waals surface area contributed by atoms with Crippen LogP contribution >= 0.6 is 0 Å². The summed E-state index contributed by atoms with van der Waals surface area (Å²) in [6, 6.07) is 37.9. The van der Waals surface area contributed by atoms with Gasteiger partial charge in [0.15, 0.2) is 0 Å². The van der Waals surface area contributed by atoms with Gasteiger partial charge in [0.2, 0.25) is 0 Å². The standard InChI is InChI=1S/C24H25N.C19H23N.6C2H6/c1-3-25(4-2)17-21-14-8-12-19-16-20-13-9-15-22(24(20)23(19)21)18-10-6-5-7-11-18;1-4-20(5-2)13-17-11-7-10-16-12-15-9-6-8-14(3)18(15)19(16)17;6*1-2/h5-15H,3-4,16-17H2,1-2H3;6-11H,4-5,12-13H2,1-3H3;6*1-2H3. The van der Waals surface area contributed by atoms with Crippen LogP contribution in [0.3, 0.4) is 0 Å². The highest BCUT2D eigenvalue weighted by molar-refractivity contribution is 5.91. The molecule has 2 heteroatoms. The van der Waals surface area contributed by atoms with Gasteiger partial charge in [-0.15, -0.1) is 0 Å². The van der Waals surface area contributed by atoms with Crippen LogP contribution in [0.25, 0.3) is 33.4 Å². The molecule has 0 fully saturated rings. The number of fused-ring (bicyclic) bond motifs is 6. The summed E-state index contributed by atoms with van der Waals surface area (Å²) >= 11 is 0. The van der Waals surface area contributed by atoms with E-state index in [-0.39, 0.29) is 0 Å². The van der Waals surface area contributed by atoms with Gasteiger partial charge < -0.3 is 0 Å². The van der Waals surface area contributed by atoms with E-state index in [1.54, 1.807) is 0 Å². The number of hydrogen-bond acceptors (Lipinski definition) is 2. The molecule has 0 heterocycles. The summed E-state index contributed by atoms with van der Waals surface area (Å²) in [5.41, 5.74) is 18.9. The number of hydrogen-bond donors (Lipinski definition) is 0. The summed E-state index contributed by atoms with van der Waals surface area (Å²) in [6.45, 7) is 41.7. The Hall–Kier alpha value is -3.98. The Morgan fingerprint density at radius 3 is 1.14 bits per heavy atom. The summed E-state index contributed by atoms with van der Waals surface area (Å²) in [4.78, 5) is 4.99. The molecule has 0 N–H and O–H groups in total. The van der Waals surface area contributed by atoms with E-state index in [2.05, 4.69) is 148 Å². The summed E-state index contributed by atoms with van der Waals surface area (Å²) in [6.07, 6.45) is 2.15. The van der Waals surface area contributed by atoms with Crippen LogP contribution in [-0.4, -0.2) is 36.0 Å². The maximum atomic E-state index is 2.50. The molecule has 5 aromatic rings. The fraction of sp³-hybridized carbons (Fsp3) is 0.455. The summed E-state index contributed by atoms with van der Waals surface area (Å²) in [5, 5.41) is 0. The highest BCUT2D eigenvalue weighted by atomic mass is 15.1. The second-order valence-electron chi connectivity index (χ2n) is 12.5. The fourth-order valence-corrected chi connectivity index (χ4v) is 7.43. The molecule has 2 nitrogen and oxygen atoms in total. The Bertz CT molecular complexity index is 1760. The van der Waals surface area contributed by atoms with Crippen molar-refractivity contribution in [2.75, 3.05) is 26.2 Å². The van der Waals surface area contributed by atoms with Crippen LogP contribution in [0.2, 0.25) is 0 Å². The fourth-order valence-electron chi connectivity index (χ4n) is 7.43. The maximum absolute atomic E-state index is 2.50. The van der Waals surface area contributed by atoms with Crippen LogP contribution in [0.5, 0.6) is 0 Å². The lowest BCUT2D eigenvalue weighted by Gasteiger charge is -2.21. The van der Waals surface area contributed by atoms with Crippen molar-refractivity contribution in [3.63, 3.8) is 0 Å². The van der Waals surface area contributed by atoms with E-state index >= 15 is 0 Å². The van der Waals surface area contributed by atoms with Crippen molar-refractivity contribution in [2.24, 2.45) is 0 Å². The minimum atomic E-state index is 1.03. The summed E-state index contributed by atoms with van der Waals surface area (Å²) in [5.74, 6) is 0. The molecule has 0 saturated heterocycles. The van der Waals surface area contributed by atoms with Gasteiger partial charge >= 0.3 is 0 Å². The van der Waals surface area contributed by atoms with Gasteiger partial charge in [-0.2, -0.15) is 0 Å².